The van der Waals surface area contributed by atoms with Gasteiger partial charge < -0.3 is 18.9 Å². The van der Waals surface area contributed by atoms with Crippen LogP contribution in [-0.4, -0.2) is 38.0 Å². The maximum atomic E-state index is 13.8. The number of carbonyl (C=O) groups excluding carboxylic acids is 1. The van der Waals surface area contributed by atoms with Crippen molar-refractivity contribution in [1.82, 2.24) is 4.57 Å². The van der Waals surface area contributed by atoms with E-state index in [0.717, 1.165) is 5.56 Å². The molecular formula is C27H28N2O6S. The number of benzene rings is 2. The van der Waals surface area contributed by atoms with Gasteiger partial charge in [-0.15, -0.1) is 0 Å². The molecule has 2 aromatic carbocycles. The van der Waals surface area contributed by atoms with Crippen LogP contribution in [0.5, 0.6) is 17.2 Å². The lowest BCUT2D eigenvalue weighted by molar-refractivity contribution is -0.139. The molecule has 9 heteroatoms. The lowest BCUT2D eigenvalue weighted by Gasteiger charge is -2.26. The Morgan fingerprint density at radius 2 is 1.81 bits per heavy atom. The van der Waals surface area contributed by atoms with Crippen LogP contribution in [0.4, 0.5) is 0 Å². The standard InChI is InChI=1S/C27H28N2O6S/c1-6-34-19-11-9-8-10-18(19)24-23(26(31)35-7-2)16(3)28-27-29(24)25(30)22(36-27)15-17-12-13-20(32-4)21(14-17)33-5/h8-15,24H,6-7H2,1-5H3/b22-15-/t24-/m0/s1. The van der Waals surface area contributed by atoms with E-state index < -0.39 is 12.0 Å². The Bertz CT molecular complexity index is 1500. The molecule has 1 aliphatic heterocycles. The van der Waals surface area contributed by atoms with Crippen LogP contribution in [-0.2, 0) is 9.53 Å². The van der Waals surface area contributed by atoms with Crippen molar-refractivity contribution in [1.29, 1.82) is 0 Å². The molecule has 0 aliphatic carbocycles. The third kappa shape index (κ3) is 4.66. The van der Waals surface area contributed by atoms with E-state index in [2.05, 4.69) is 4.99 Å². The number of methoxy groups -OCH3 is 2. The molecule has 0 saturated heterocycles. The van der Waals surface area contributed by atoms with Crippen molar-refractivity contribution in [3.63, 3.8) is 0 Å². The largest absolute Gasteiger partial charge is 0.494 e. The van der Waals surface area contributed by atoms with Gasteiger partial charge in [0.15, 0.2) is 16.3 Å². The number of rotatable bonds is 8. The van der Waals surface area contributed by atoms with Crippen molar-refractivity contribution in [2.75, 3.05) is 27.4 Å². The van der Waals surface area contributed by atoms with E-state index in [0.29, 0.717) is 50.0 Å². The summed E-state index contributed by atoms with van der Waals surface area (Å²) in [6.07, 6.45) is 1.78. The summed E-state index contributed by atoms with van der Waals surface area (Å²) in [4.78, 5) is 32.0. The second-order valence-corrected chi connectivity index (χ2v) is 8.90. The third-order valence-electron chi connectivity index (χ3n) is 5.74. The number of esters is 1. The molecule has 0 bridgehead atoms. The number of ether oxygens (including phenoxy) is 4. The number of allylic oxidation sites excluding steroid dienone is 1. The molecule has 1 aliphatic rings. The van der Waals surface area contributed by atoms with Crippen LogP contribution < -0.4 is 29.1 Å². The average molecular weight is 509 g/mol. The Balaban J connectivity index is 1.96. The molecule has 0 unspecified atom stereocenters. The van der Waals surface area contributed by atoms with Crippen LogP contribution in [0.3, 0.4) is 0 Å². The van der Waals surface area contributed by atoms with Gasteiger partial charge in [0.25, 0.3) is 5.56 Å². The monoisotopic (exact) mass is 508 g/mol. The summed E-state index contributed by atoms with van der Waals surface area (Å²) in [5, 5.41) is 0. The Labute approximate surface area is 212 Å². The molecule has 4 rings (SSSR count). The minimum absolute atomic E-state index is 0.208. The zero-order valence-electron chi connectivity index (χ0n) is 20.9. The van der Waals surface area contributed by atoms with E-state index in [-0.39, 0.29) is 12.2 Å². The SMILES string of the molecule is CCOC(=O)C1=C(C)N=c2s/c(=C\c3ccc(OC)c(OC)c3)c(=O)n2[C@H]1c1ccccc1OCC. The van der Waals surface area contributed by atoms with Gasteiger partial charge in [-0.05, 0) is 50.6 Å². The van der Waals surface area contributed by atoms with Crippen molar-refractivity contribution in [2.45, 2.75) is 26.8 Å². The van der Waals surface area contributed by atoms with Crippen molar-refractivity contribution < 1.29 is 23.7 Å². The van der Waals surface area contributed by atoms with Crippen LogP contribution in [0.15, 0.2) is 63.5 Å². The Kier molecular flexibility index (Phi) is 7.59. The molecule has 2 heterocycles. The summed E-state index contributed by atoms with van der Waals surface area (Å²) < 4.78 is 24.0. The third-order valence-corrected chi connectivity index (χ3v) is 6.72. The van der Waals surface area contributed by atoms with Gasteiger partial charge in [-0.25, -0.2) is 9.79 Å². The van der Waals surface area contributed by atoms with E-state index in [1.807, 2.05) is 37.3 Å². The smallest absolute Gasteiger partial charge is 0.338 e. The lowest BCUT2D eigenvalue weighted by atomic mass is 9.95. The number of para-hydroxylation sites is 1. The number of fused-ring (bicyclic) bond motifs is 1. The number of hydrogen-bond acceptors (Lipinski definition) is 8. The molecule has 3 aromatic rings. The summed E-state index contributed by atoms with van der Waals surface area (Å²) in [7, 11) is 3.13. The van der Waals surface area contributed by atoms with Crippen molar-refractivity contribution >= 4 is 23.4 Å². The first-order valence-corrected chi connectivity index (χ1v) is 12.4. The highest BCUT2D eigenvalue weighted by Gasteiger charge is 2.35. The predicted octanol–water partition coefficient (Wildman–Crippen LogP) is 3.21. The van der Waals surface area contributed by atoms with Gasteiger partial charge in [-0.1, -0.05) is 35.6 Å². The zero-order chi connectivity index (χ0) is 25.8. The molecule has 0 N–H and O–H groups in total. The minimum atomic E-state index is -0.740. The second kappa shape index (κ2) is 10.8. The number of nitrogens with zero attached hydrogens (tertiary/aromatic N) is 2. The first kappa shape index (κ1) is 25.2. The molecular weight excluding hydrogens is 480 g/mol. The molecule has 0 saturated carbocycles. The molecule has 188 valence electrons. The molecule has 0 spiro atoms. The summed E-state index contributed by atoms with van der Waals surface area (Å²) in [6.45, 7) is 6.04. The quantitative estimate of drug-likeness (QED) is 0.434. The highest BCUT2D eigenvalue weighted by atomic mass is 32.1. The van der Waals surface area contributed by atoms with Crippen LogP contribution in [0, 0.1) is 0 Å². The fraction of sp³-hybridized carbons (Fsp3) is 0.296. The van der Waals surface area contributed by atoms with Gasteiger partial charge >= 0.3 is 5.97 Å². The van der Waals surface area contributed by atoms with Crippen LogP contribution >= 0.6 is 11.3 Å². The average Bonchev–Trinajstić information content (AvgIpc) is 3.18. The first-order valence-electron chi connectivity index (χ1n) is 11.6. The summed E-state index contributed by atoms with van der Waals surface area (Å²) in [6, 6.07) is 12.1. The van der Waals surface area contributed by atoms with E-state index in [9.17, 15) is 9.59 Å². The summed E-state index contributed by atoms with van der Waals surface area (Å²) in [5.74, 6) is 1.24. The maximum Gasteiger partial charge on any atom is 0.338 e. The van der Waals surface area contributed by atoms with Crippen molar-refractivity contribution in [3.8, 4) is 17.2 Å². The molecule has 0 radical (unpaired) electrons. The predicted molar refractivity (Wildman–Crippen MR) is 138 cm³/mol. The number of hydrogen-bond donors (Lipinski definition) is 0. The molecule has 0 fully saturated rings. The van der Waals surface area contributed by atoms with Crippen LogP contribution in [0.1, 0.15) is 37.9 Å². The molecule has 36 heavy (non-hydrogen) atoms. The van der Waals surface area contributed by atoms with E-state index in [1.165, 1.54) is 11.3 Å². The lowest BCUT2D eigenvalue weighted by Crippen LogP contribution is -2.40. The van der Waals surface area contributed by atoms with E-state index in [1.54, 1.807) is 50.8 Å². The topological polar surface area (TPSA) is 88.4 Å². The first-order chi connectivity index (χ1) is 17.4. The normalized spacial score (nSPS) is 15.2. The maximum absolute atomic E-state index is 13.8. The van der Waals surface area contributed by atoms with Crippen LogP contribution in [0.25, 0.3) is 6.08 Å². The fourth-order valence-electron chi connectivity index (χ4n) is 4.17. The van der Waals surface area contributed by atoms with Gasteiger partial charge in [0.1, 0.15) is 11.8 Å². The van der Waals surface area contributed by atoms with Crippen molar-refractivity contribution in [2.24, 2.45) is 4.99 Å². The minimum Gasteiger partial charge on any atom is -0.494 e. The molecule has 1 atom stereocenters. The summed E-state index contributed by atoms with van der Waals surface area (Å²) >= 11 is 1.26. The number of carbonyl (C=O) groups is 1. The number of aromatic nitrogens is 1. The van der Waals surface area contributed by atoms with Crippen molar-refractivity contribution in [3.05, 3.63) is 84.5 Å². The van der Waals surface area contributed by atoms with Gasteiger partial charge in [0.05, 0.1) is 43.2 Å². The highest BCUT2D eigenvalue weighted by Crippen LogP contribution is 2.36. The van der Waals surface area contributed by atoms with Gasteiger partial charge in [0.2, 0.25) is 0 Å². The molecule has 1 aromatic heterocycles. The number of thiazole rings is 1. The Hall–Kier alpha value is -3.85. The van der Waals surface area contributed by atoms with Gasteiger partial charge in [0, 0.05) is 5.56 Å². The molecule has 8 nitrogen and oxygen atoms in total. The van der Waals surface area contributed by atoms with Gasteiger partial charge in [-0.2, -0.15) is 0 Å². The van der Waals surface area contributed by atoms with E-state index in [4.69, 9.17) is 18.9 Å². The van der Waals surface area contributed by atoms with Crippen LogP contribution in [0.2, 0.25) is 0 Å². The molecule has 0 amide bonds. The summed E-state index contributed by atoms with van der Waals surface area (Å²) in [5.41, 5.74) is 2.01. The highest BCUT2D eigenvalue weighted by molar-refractivity contribution is 7.07. The van der Waals surface area contributed by atoms with E-state index >= 15 is 0 Å². The van der Waals surface area contributed by atoms with Gasteiger partial charge in [-0.3, -0.25) is 9.36 Å². The fourth-order valence-corrected chi connectivity index (χ4v) is 5.22. The zero-order valence-corrected chi connectivity index (χ0v) is 21.7. The second-order valence-electron chi connectivity index (χ2n) is 7.89. The Morgan fingerprint density at radius 3 is 2.50 bits per heavy atom. The Morgan fingerprint density at radius 1 is 1.06 bits per heavy atom.